The fraction of sp³-hybridized carbons (Fsp3) is 0.600. The highest BCUT2D eigenvalue weighted by Crippen LogP contribution is 2.19. The normalized spacial score (nSPS) is 10.5. The van der Waals surface area contributed by atoms with Gasteiger partial charge < -0.3 is 20.1 Å². The Morgan fingerprint density at radius 2 is 1.84 bits per heavy atom. The maximum atomic E-state index is 5.60. The molecule has 0 aliphatic heterocycles. The first-order chi connectivity index (χ1) is 9.31. The van der Waals surface area contributed by atoms with Crippen LogP contribution in [0, 0.1) is 0 Å². The molecule has 0 bridgehead atoms. The van der Waals surface area contributed by atoms with Gasteiger partial charge in [-0.1, -0.05) is 6.92 Å². The van der Waals surface area contributed by atoms with E-state index in [9.17, 15) is 0 Å². The van der Waals surface area contributed by atoms with Gasteiger partial charge in [-0.15, -0.1) is 0 Å². The Labute approximate surface area is 116 Å². The molecule has 0 aliphatic carbocycles. The third-order valence-corrected chi connectivity index (χ3v) is 2.92. The number of rotatable bonds is 10. The van der Waals surface area contributed by atoms with Crippen molar-refractivity contribution in [2.75, 3.05) is 44.9 Å². The van der Waals surface area contributed by atoms with Crippen LogP contribution in [0.4, 0.5) is 5.69 Å². The second-order valence-corrected chi connectivity index (χ2v) is 4.44. The van der Waals surface area contributed by atoms with Crippen molar-refractivity contribution < 1.29 is 9.47 Å². The molecule has 4 nitrogen and oxygen atoms in total. The molecular formula is C15H26N2O2. The highest BCUT2D eigenvalue weighted by Gasteiger charge is 2.06. The number of benzene rings is 1. The van der Waals surface area contributed by atoms with Gasteiger partial charge >= 0.3 is 0 Å². The molecule has 1 rings (SSSR count). The zero-order valence-corrected chi connectivity index (χ0v) is 12.1. The zero-order chi connectivity index (χ0) is 13.9. The Morgan fingerprint density at radius 1 is 1.11 bits per heavy atom. The average molecular weight is 266 g/mol. The highest BCUT2D eigenvalue weighted by atomic mass is 16.5. The van der Waals surface area contributed by atoms with Gasteiger partial charge in [0, 0.05) is 25.4 Å². The summed E-state index contributed by atoms with van der Waals surface area (Å²) in [5.41, 5.74) is 6.79. The maximum Gasteiger partial charge on any atom is 0.119 e. The summed E-state index contributed by atoms with van der Waals surface area (Å²) in [7, 11) is 1.68. The van der Waals surface area contributed by atoms with Gasteiger partial charge in [0.25, 0.3) is 0 Å². The summed E-state index contributed by atoms with van der Waals surface area (Å²) in [6.07, 6.45) is 2.05. The van der Waals surface area contributed by atoms with Crippen molar-refractivity contribution in [1.82, 2.24) is 0 Å². The van der Waals surface area contributed by atoms with E-state index in [0.717, 1.165) is 44.9 Å². The van der Waals surface area contributed by atoms with Crippen LogP contribution in [-0.4, -0.2) is 40.0 Å². The first-order valence-corrected chi connectivity index (χ1v) is 6.98. The number of nitrogens with two attached hydrogens (primary N) is 1. The van der Waals surface area contributed by atoms with Crippen LogP contribution in [0.15, 0.2) is 24.3 Å². The van der Waals surface area contributed by atoms with Gasteiger partial charge in [0.05, 0.1) is 13.7 Å². The van der Waals surface area contributed by atoms with Crippen LogP contribution >= 0.6 is 0 Å². The monoisotopic (exact) mass is 266 g/mol. The zero-order valence-electron chi connectivity index (χ0n) is 12.1. The van der Waals surface area contributed by atoms with E-state index in [2.05, 4.69) is 24.0 Å². The van der Waals surface area contributed by atoms with Crippen molar-refractivity contribution in [2.45, 2.75) is 19.8 Å². The van der Waals surface area contributed by atoms with Crippen LogP contribution in [-0.2, 0) is 4.74 Å². The molecule has 0 saturated heterocycles. The number of ether oxygens (including phenoxy) is 2. The van der Waals surface area contributed by atoms with Gasteiger partial charge in [-0.3, -0.25) is 0 Å². The Bertz CT molecular complexity index is 327. The van der Waals surface area contributed by atoms with Crippen LogP contribution in [0.3, 0.4) is 0 Å². The van der Waals surface area contributed by atoms with Gasteiger partial charge in [-0.25, -0.2) is 0 Å². The molecule has 0 radical (unpaired) electrons. The third kappa shape index (κ3) is 5.94. The first kappa shape index (κ1) is 15.8. The summed E-state index contributed by atoms with van der Waals surface area (Å²) in [4.78, 5) is 2.31. The molecule has 0 unspecified atom stereocenters. The third-order valence-electron chi connectivity index (χ3n) is 2.92. The van der Waals surface area contributed by atoms with E-state index < -0.39 is 0 Å². The molecule has 0 aromatic heterocycles. The number of nitrogens with zero attached hydrogens (tertiary/aromatic N) is 1. The fourth-order valence-electron chi connectivity index (χ4n) is 1.87. The summed E-state index contributed by atoms with van der Waals surface area (Å²) in [5, 5.41) is 0. The molecule has 4 heteroatoms. The summed E-state index contributed by atoms with van der Waals surface area (Å²) in [5.74, 6) is 0.879. The lowest BCUT2D eigenvalue weighted by Crippen LogP contribution is -2.29. The summed E-state index contributed by atoms with van der Waals surface area (Å²) >= 11 is 0. The lowest BCUT2D eigenvalue weighted by Gasteiger charge is -2.24. The molecular weight excluding hydrogens is 240 g/mol. The Balaban J connectivity index is 2.55. The van der Waals surface area contributed by atoms with Crippen molar-refractivity contribution in [3.05, 3.63) is 24.3 Å². The largest absolute Gasteiger partial charge is 0.497 e. The van der Waals surface area contributed by atoms with Crippen LogP contribution in [0.5, 0.6) is 5.75 Å². The minimum Gasteiger partial charge on any atom is -0.497 e. The van der Waals surface area contributed by atoms with Gasteiger partial charge in [0.2, 0.25) is 0 Å². The molecule has 1 aromatic rings. The topological polar surface area (TPSA) is 47.7 Å². The van der Waals surface area contributed by atoms with E-state index >= 15 is 0 Å². The van der Waals surface area contributed by atoms with Crippen LogP contribution in [0.1, 0.15) is 19.8 Å². The fourth-order valence-corrected chi connectivity index (χ4v) is 1.87. The van der Waals surface area contributed by atoms with E-state index in [-0.39, 0.29) is 0 Å². The molecule has 0 spiro atoms. The number of methoxy groups -OCH3 is 1. The second kappa shape index (κ2) is 9.64. The van der Waals surface area contributed by atoms with Crippen molar-refractivity contribution in [1.29, 1.82) is 0 Å². The number of hydrogen-bond donors (Lipinski definition) is 1. The predicted octanol–water partition coefficient (Wildman–Crippen LogP) is 2.28. The maximum absolute atomic E-state index is 5.60. The number of anilines is 1. The standard InChI is InChI=1S/C15H26N2O2/c1-3-12-19-13-11-17(10-4-9-16)14-5-7-15(18-2)8-6-14/h5-8H,3-4,9-13,16H2,1-2H3. The molecule has 1 aromatic carbocycles. The molecule has 0 atom stereocenters. The van der Waals surface area contributed by atoms with Crippen molar-refractivity contribution >= 4 is 5.69 Å². The highest BCUT2D eigenvalue weighted by molar-refractivity contribution is 5.49. The second-order valence-electron chi connectivity index (χ2n) is 4.44. The molecule has 0 saturated carbocycles. The first-order valence-electron chi connectivity index (χ1n) is 6.98. The van der Waals surface area contributed by atoms with E-state index in [1.807, 2.05) is 12.1 Å². The molecule has 0 amide bonds. The summed E-state index contributed by atoms with van der Waals surface area (Å²) in [6, 6.07) is 8.12. The quantitative estimate of drug-likeness (QED) is 0.660. The van der Waals surface area contributed by atoms with Crippen LogP contribution in [0.2, 0.25) is 0 Å². The van der Waals surface area contributed by atoms with E-state index in [4.69, 9.17) is 15.2 Å². The molecule has 0 aliphatic rings. The number of hydrogen-bond acceptors (Lipinski definition) is 4. The van der Waals surface area contributed by atoms with E-state index in [1.54, 1.807) is 7.11 Å². The van der Waals surface area contributed by atoms with E-state index in [0.29, 0.717) is 6.54 Å². The Hall–Kier alpha value is -1.26. The summed E-state index contributed by atoms with van der Waals surface area (Å²) in [6.45, 7) is 6.26. The average Bonchev–Trinajstić information content (AvgIpc) is 2.47. The molecule has 0 heterocycles. The predicted molar refractivity (Wildman–Crippen MR) is 80.0 cm³/mol. The van der Waals surface area contributed by atoms with Gasteiger partial charge in [0.1, 0.15) is 5.75 Å². The van der Waals surface area contributed by atoms with Gasteiger partial charge in [-0.2, -0.15) is 0 Å². The smallest absolute Gasteiger partial charge is 0.119 e. The van der Waals surface area contributed by atoms with Gasteiger partial charge in [-0.05, 0) is 43.7 Å². The Morgan fingerprint density at radius 3 is 2.42 bits per heavy atom. The van der Waals surface area contributed by atoms with Crippen LogP contribution < -0.4 is 15.4 Å². The van der Waals surface area contributed by atoms with Crippen molar-refractivity contribution in [2.24, 2.45) is 5.73 Å². The van der Waals surface area contributed by atoms with E-state index in [1.165, 1.54) is 5.69 Å². The van der Waals surface area contributed by atoms with Gasteiger partial charge in [0.15, 0.2) is 0 Å². The molecule has 0 fully saturated rings. The minimum absolute atomic E-state index is 0.711. The molecule has 108 valence electrons. The lowest BCUT2D eigenvalue weighted by atomic mass is 10.2. The van der Waals surface area contributed by atoms with Crippen molar-refractivity contribution in [3.63, 3.8) is 0 Å². The Kier molecular flexibility index (Phi) is 8.02. The minimum atomic E-state index is 0.711. The van der Waals surface area contributed by atoms with Crippen LogP contribution in [0.25, 0.3) is 0 Å². The lowest BCUT2D eigenvalue weighted by molar-refractivity contribution is 0.140. The SMILES string of the molecule is CCCOCCN(CCCN)c1ccc(OC)cc1. The van der Waals surface area contributed by atoms with Crippen molar-refractivity contribution in [3.8, 4) is 5.75 Å². The molecule has 2 N–H and O–H groups in total. The summed E-state index contributed by atoms with van der Waals surface area (Å²) < 4.78 is 10.7. The molecule has 19 heavy (non-hydrogen) atoms.